The third-order valence-electron chi connectivity index (χ3n) is 2.66. The fourth-order valence-corrected chi connectivity index (χ4v) is 1.75. The van der Waals surface area contributed by atoms with Crippen LogP contribution >= 0.6 is 0 Å². The normalized spacial score (nSPS) is 12.9. The van der Waals surface area contributed by atoms with Gasteiger partial charge in [0.05, 0.1) is 6.04 Å². The standard InChI is InChI=1S/C13H15F2N3O/c1-7(2)5-11(16)13-17-12(18-19-13)8-3-4-9(14)10(15)6-8/h3-4,6-7,11H,5,16H2,1-2H3/t11-/m1/s1. The zero-order valence-electron chi connectivity index (χ0n) is 10.7. The lowest BCUT2D eigenvalue weighted by atomic mass is 10.0. The van der Waals surface area contributed by atoms with Crippen LogP contribution in [0.15, 0.2) is 22.7 Å². The highest BCUT2D eigenvalue weighted by molar-refractivity contribution is 5.54. The largest absolute Gasteiger partial charge is 0.337 e. The van der Waals surface area contributed by atoms with E-state index in [0.29, 0.717) is 23.8 Å². The number of halogens is 2. The highest BCUT2D eigenvalue weighted by Gasteiger charge is 2.17. The second kappa shape index (κ2) is 5.44. The van der Waals surface area contributed by atoms with Crippen molar-refractivity contribution in [2.24, 2.45) is 11.7 Å². The minimum Gasteiger partial charge on any atom is -0.337 e. The Morgan fingerprint density at radius 2 is 2.00 bits per heavy atom. The van der Waals surface area contributed by atoms with Crippen molar-refractivity contribution in [1.29, 1.82) is 0 Å². The molecule has 2 rings (SSSR count). The third-order valence-corrected chi connectivity index (χ3v) is 2.66. The summed E-state index contributed by atoms with van der Waals surface area (Å²) in [5.41, 5.74) is 6.26. The first-order valence-corrected chi connectivity index (χ1v) is 6.02. The van der Waals surface area contributed by atoms with Crippen molar-refractivity contribution < 1.29 is 13.3 Å². The van der Waals surface area contributed by atoms with E-state index in [-0.39, 0.29) is 11.9 Å². The molecule has 0 bridgehead atoms. The minimum atomic E-state index is -0.949. The molecule has 1 heterocycles. The number of hydrogen-bond acceptors (Lipinski definition) is 4. The van der Waals surface area contributed by atoms with Gasteiger partial charge in [0.15, 0.2) is 11.6 Å². The van der Waals surface area contributed by atoms with Gasteiger partial charge in [0.25, 0.3) is 0 Å². The van der Waals surface area contributed by atoms with Gasteiger partial charge >= 0.3 is 0 Å². The molecule has 2 N–H and O–H groups in total. The summed E-state index contributed by atoms with van der Waals surface area (Å²) in [6, 6.07) is 3.08. The molecule has 102 valence electrons. The van der Waals surface area contributed by atoms with Crippen LogP contribution in [0.5, 0.6) is 0 Å². The average Bonchev–Trinajstić information content (AvgIpc) is 2.81. The van der Waals surface area contributed by atoms with E-state index in [1.807, 2.05) is 13.8 Å². The molecule has 0 aliphatic rings. The van der Waals surface area contributed by atoms with E-state index in [0.717, 1.165) is 12.1 Å². The summed E-state index contributed by atoms with van der Waals surface area (Å²) in [5, 5.41) is 3.73. The first kappa shape index (κ1) is 13.6. The molecular weight excluding hydrogens is 252 g/mol. The maximum absolute atomic E-state index is 13.1. The molecule has 1 atom stereocenters. The molecule has 0 radical (unpaired) electrons. The highest BCUT2D eigenvalue weighted by Crippen LogP contribution is 2.22. The average molecular weight is 267 g/mol. The quantitative estimate of drug-likeness (QED) is 0.924. The second-order valence-corrected chi connectivity index (χ2v) is 4.82. The second-order valence-electron chi connectivity index (χ2n) is 4.82. The smallest absolute Gasteiger partial charge is 0.243 e. The molecule has 4 nitrogen and oxygen atoms in total. The fourth-order valence-electron chi connectivity index (χ4n) is 1.75. The molecule has 0 spiro atoms. The van der Waals surface area contributed by atoms with Gasteiger partial charge in [0.2, 0.25) is 11.7 Å². The molecule has 6 heteroatoms. The van der Waals surface area contributed by atoms with Crippen LogP contribution in [-0.2, 0) is 0 Å². The Bertz CT molecular complexity index is 569. The molecule has 0 fully saturated rings. The van der Waals surface area contributed by atoms with E-state index in [1.54, 1.807) is 0 Å². The molecule has 0 unspecified atom stereocenters. The van der Waals surface area contributed by atoms with E-state index in [1.165, 1.54) is 6.07 Å². The maximum atomic E-state index is 13.1. The van der Waals surface area contributed by atoms with E-state index in [9.17, 15) is 8.78 Å². The van der Waals surface area contributed by atoms with E-state index in [2.05, 4.69) is 10.1 Å². The van der Waals surface area contributed by atoms with Gasteiger partial charge in [0, 0.05) is 5.56 Å². The topological polar surface area (TPSA) is 64.9 Å². The fraction of sp³-hybridized carbons (Fsp3) is 0.385. The van der Waals surface area contributed by atoms with Crippen LogP contribution in [0.3, 0.4) is 0 Å². The number of aromatic nitrogens is 2. The van der Waals surface area contributed by atoms with Crippen molar-refractivity contribution in [3.63, 3.8) is 0 Å². The molecule has 0 saturated carbocycles. The molecule has 0 aliphatic heterocycles. The van der Waals surface area contributed by atoms with Crippen LogP contribution in [0.25, 0.3) is 11.4 Å². The van der Waals surface area contributed by atoms with Crippen LogP contribution in [0.1, 0.15) is 32.2 Å². The van der Waals surface area contributed by atoms with Crippen molar-refractivity contribution >= 4 is 0 Å². The molecular formula is C13H15F2N3O. The van der Waals surface area contributed by atoms with Crippen molar-refractivity contribution in [3.8, 4) is 11.4 Å². The summed E-state index contributed by atoms with van der Waals surface area (Å²) in [6.45, 7) is 4.07. The zero-order valence-corrected chi connectivity index (χ0v) is 10.7. The highest BCUT2D eigenvalue weighted by atomic mass is 19.2. The molecule has 19 heavy (non-hydrogen) atoms. The number of hydrogen-bond donors (Lipinski definition) is 1. The van der Waals surface area contributed by atoms with Gasteiger partial charge in [0.1, 0.15) is 0 Å². The number of rotatable bonds is 4. The van der Waals surface area contributed by atoms with E-state index in [4.69, 9.17) is 10.3 Å². The van der Waals surface area contributed by atoms with Crippen LogP contribution in [-0.4, -0.2) is 10.1 Å². The van der Waals surface area contributed by atoms with Gasteiger partial charge in [-0.15, -0.1) is 0 Å². The molecule has 2 aromatic rings. The lowest BCUT2D eigenvalue weighted by molar-refractivity contribution is 0.335. The summed E-state index contributed by atoms with van der Waals surface area (Å²) in [4.78, 5) is 4.11. The van der Waals surface area contributed by atoms with Gasteiger partial charge in [-0.3, -0.25) is 0 Å². The predicted octanol–water partition coefficient (Wildman–Crippen LogP) is 3.06. The first-order valence-electron chi connectivity index (χ1n) is 6.02. The first-order chi connectivity index (χ1) is 8.97. The summed E-state index contributed by atoms with van der Waals surface area (Å²) < 4.78 is 31.0. The monoisotopic (exact) mass is 267 g/mol. The van der Waals surface area contributed by atoms with Gasteiger partial charge in [-0.25, -0.2) is 8.78 Å². The molecule has 0 aliphatic carbocycles. The molecule has 1 aromatic carbocycles. The van der Waals surface area contributed by atoms with Crippen LogP contribution in [0.4, 0.5) is 8.78 Å². The van der Waals surface area contributed by atoms with Crippen LogP contribution < -0.4 is 5.73 Å². The minimum absolute atomic E-state index is 0.202. The Kier molecular flexibility index (Phi) is 3.90. The summed E-state index contributed by atoms with van der Waals surface area (Å²) in [5.74, 6) is -0.963. The van der Waals surface area contributed by atoms with Crippen LogP contribution in [0.2, 0.25) is 0 Å². The zero-order chi connectivity index (χ0) is 14.0. The Balaban J connectivity index is 2.22. The number of nitrogens with zero attached hydrogens (tertiary/aromatic N) is 2. The predicted molar refractivity (Wildman–Crippen MR) is 66.0 cm³/mol. The van der Waals surface area contributed by atoms with E-state index >= 15 is 0 Å². The lowest BCUT2D eigenvalue weighted by Gasteiger charge is -2.08. The molecule has 1 aromatic heterocycles. The summed E-state index contributed by atoms with van der Waals surface area (Å²) in [7, 11) is 0. The van der Waals surface area contributed by atoms with Gasteiger partial charge < -0.3 is 10.3 Å². The van der Waals surface area contributed by atoms with Crippen LogP contribution in [0, 0.1) is 17.6 Å². The van der Waals surface area contributed by atoms with Crippen molar-refractivity contribution in [3.05, 3.63) is 35.7 Å². The van der Waals surface area contributed by atoms with Gasteiger partial charge in [-0.05, 0) is 30.5 Å². The maximum Gasteiger partial charge on any atom is 0.243 e. The van der Waals surface area contributed by atoms with E-state index < -0.39 is 11.6 Å². The SMILES string of the molecule is CC(C)C[C@@H](N)c1nc(-c2ccc(F)c(F)c2)no1. The van der Waals surface area contributed by atoms with Crippen molar-refractivity contribution in [2.45, 2.75) is 26.3 Å². The lowest BCUT2D eigenvalue weighted by Crippen LogP contribution is -2.13. The molecule has 0 amide bonds. The number of benzene rings is 1. The summed E-state index contributed by atoms with van der Waals surface area (Å²) in [6.07, 6.45) is 0.708. The Labute approximate surface area is 109 Å². The van der Waals surface area contributed by atoms with Crippen molar-refractivity contribution in [2.75, 3.05) is 0 Å². The Morgan fingerprint density at radius 1 is 1.26 bits per heavy atom. The van der Waals surface area contributed by atoms with Gasteiger partial charge in [-0.2, -0.15) is 4.98 Å². The van der Waals surface area contributed by atoms with Crippen molar-refractivity contribution in [1.82, 2.24) is 10.1 Å². The third kappa shape index (κ3) is 3.14. The molecule has 0 saturated heterocycles. The summed E-state index contributed by atoms with van der Waals surface area (Å²) >= 11 is 0. The van der Waals surface area contributed by atoms with Gasteiger partial charge in [-0.1, -0.05) is 19.0 Å². The Morgan fingerprint density at radius 3 is 2.63 bits per heavy atom. The Hall–Kier alpha value is -1.82. The number of nitrogens with two attached hydrogens (primary N) is 1.